The van der Waals surface area contributed by atoms with E-state index in [4.69, 9.17) is 0 Å². The lowest BCUT2D eigenvalue weighted by Crippen LogP contribution is -2.37. The highest BCUT2D eigenvalue weighted by Crippen LogP contribution is 2.53. The first-order chi connectivity index (χ1) is 10.1. The molecule has 1 fully saturated rings. The van der Waals surface area contributed by atoms with Crippen molar-refractivity contribution in [1.29, 1.82) is 0 Å². The molecule has 2 aliphatic rings. The molecule has 0 bridgehead atoms. The van der Waals surface area contributed by atoms with Crippen LogP contribution in [0.1, 0.15) is 31.2 Å². The van der Waals surface area contributed by atoms with Gasteiger partial charge >= 0.3 is 0 Å². The van der Waals surface area contributed by atoms with Gasteiger partial charge in [-0.2, -0.15) is 5.10 Å². The Hall–Kier alpha value is -1.37. The van der Waals surface area contributed by atoms with Crippen molar-refractivity contribution in [1.82, 2.24) is 9.78 Å². The predicted octanol–water partition coefficient (Wildman–Crippen LogP) is 3.51. The molecule has 1 saturated carbocycles. The molecular weight excluding hydrogens is 377 g/mol. The quantitative estimate of drug-likeness (QED) is 0.696. The van der Waals surface area contributed by atoms with E-state index in [1.807, 2.05) is 30.3 Å². The second kappa shape index (κ2) is 4.56. The highest BCUT2D eigenvalue weighted by atomic mass is 127. The van der Waals surface area contributed by atoms with E-state index in [0.717, 1.165) is 40.8 Å². The molecule has 0 unspecified atom stereocenters. The van der Waals surface area contributed by atoms with Crippen LogP contribution in [-0.2, 0) is 17.3 Å². The number of amides is 1. The monoisotopic (exact) mass is 393 g/mol. The topological polar surface area (TPSA) is 38.1 Å². The number of fused-ring (bicyclic) bond motifs is 2. The van der Waals surface area contributed by atoms with Crippen LogP contribution in [0.15, 0.2) is 30.5 Å². The molecule has 5 heteroatoms. The summed E-state index contributed by atoms with van der Waals surface area (Å²) in [7, 11) is 1.90. The lowest BCUT2D eigenvalue weighted by atomic mass is 9.80. The number of carbonyl (C=O) groups excluding carboxylic acids is 1. The zero-order valence-electron chi connectivity index (χ0n) is 11.8. The van der Waals surface area contributed by atoms with E-state index in [-0.39, 0.29) is 11.3 Å². The van der Waals surface area contributed by atoms with Gasteiger partial charge in [0.15, 0.2) is 5.82 Å². The van der Waals surface area contributed by atoms with Crippen LogP contribution in [0.3, 0.4) is 0 Å². The Morgan fingerprint density at radius 2 is 1.95 bits per heavy atom. The van der Waals surface area contributed by atoms with E-state index in [9.17, 15) is 4.79 Å². The van der Waals surface area contributed by atoms with Crippen molar-refractivity contribution >= 4 is 40.0 Å². The summed E-state index contributed by atoms with van der Waals surface area (Å²) < 4.78 is 2.80. The first kappa shape index (κ1) is 13.3. The number of aryl methyl sites for hydroxylation is 1. The van der Waals surface area contributed by atoms with Gasteiger partial charge in [-0.3, -0.25) is 14.4 Å². The van der Waals surface area contributed by atoms with E-state index < -0.39 is 0 Å². The zero-order chi connectivity index (χ0) is 14.6. The number of anilines is 2. The summed E-state index contributed by atoms with van der Waals surface area (Å²) in [6, 6.07) is 8.24. The van der Waals surface area contributed by atoms with E-state index >= 15 is 0 Å². The maximum absolute atomic E-state index is 13.3. The van der Waals surface area contributed by atoms with Crippen LogP contribution in [0.2, 0.25) is 0 Å². The molecule has 4 nitrogen and oxygen atoms in total. The molecule has 1 aliphatic carbocycles. The molecule has 1 aromatic carbocycles. The predicted molar refractivity (Wildman–Crippen MR) is 89.7 cm³/mol. The summed E-state index contributed by atoms with van der Waals surface area (Å²) >= 11 is 2.25. The van der Waals surface area contributed by atoms with Crippen LogP contribution in [0.5, 0.6) is 0 Å². The Balaban J connectivity index is 1.96. The van der Waals surface area contributed by atoms with Crippen molar-refractivity contribution in [3.05, 3.63) is 39.6 Å². The average molecular weight is 393 g/mol. The smallest absolute Gasteiger partial charge is 0.243 e. The van der Waals surface area contributed by atoms with Crippen LogP contribution < -0.4 is 4.90 Å². The standard InChI is InChI=1S/C16H16IN3O/c1-19-14(12(17)10-18-19)20-13-7-3-2-6-11(13)16(15(20)21)8-4-5-9-16/h2-3,6-7,10H,4-5,8-9H2,1H3. The number of rotatable bonds is 1. The summed E-state index contributed by atoms with van der Waals surface area (Å²) in [4.78, 5) is 15.2. The van der Waals surface area contributed by atoms with Gasteiger partial charge in [0.1, 0.15) is 0 Å². The molecule has 21 heavy (non-hydrogen) atoms. The molecule has 0 saturated heterocycles. The molecule has 4 rings (SSSR count). The minimum Gasteiger partial charge on any atom is -0.273 e. The molecular formula is C16H16IN3O. The van der Waals surface area contributed by atoms with E-state index in [0.29, 0.717) is 0 Å². The van der Waals surface area contributed by atoms with Crippen LogP contribution >= 0.6 is 22.6 Å². The fourth-order valence-corrected chi connectivity index (χ4v) is 4.55. The maximum Gasteiger partial charge on any atom is 0.243 e. The second-order valence-corrected chi connectivity index (χ2v) is 7.05. The van der Waals surface area contributed by atoms with E-state index in [1.54, 1.807) is 4.68 Å². The Kier molecular flexibility index (Phi) is 2.89. The molecule has 1 aliphatic heterocycles. The molecule has 1 aromatic heterocycles. The largest absolute Gasteiger partial charge is 0.273 e. The minimum atomic E-state index is -0.302. The third-order valence-electron chi connectivity index (χ3n) is 4.81. The first-order valence-electron chi connectivity index (χ1n) is 7.27. The number of aromatic nitrogens is 2. The van der Waals surface area contributed by atoms with Gasteiger partial charge in [0.2, 0.25) is 5.91 Å². The maximum atomic E-state index is 13.3. The first-order valence-corrected chi connectivity index (χ1v) is 8.34. The number of para-hydroxylation sites is 1. The van der Waals surface area contributed by atoms with E-state index in [1.165, 1.54) is 5.56 Å². The van der Waals surface area contributed by atoms with Gasteiger partial charge in [-0.15, -0.1) is 0 Å². The van der Waals surface area contributed by atoms with Gasteiger partial charge in [0.05, 0.1) is 20.9 Å². The van der Waals surface area contributed by atoms with Gasteiger partial charge in [-0.1, -0.05) is 31.0 Å². The highest BCUT2D eigenvalue weighted by molar-refractivity contribution is 14.1. The SMILES string of the molecule is Cn1ncc(I)c1N1C(=O)C2(CCCC2)c2ccccc21. The normalized spacial score (nSPS) is 19.5. The van der Waals surface area contributed by atoms with Crippen molar-refractivity contribution in [2.75, 3.05) is 4.90 Å². The fraction of sp³-hybridized carbons (Fsp3) is 0.375. The molecule has 2 heterocycles. The number of hydrogen-bond acceptors (Lipinski definition) is 2. The summed E-state index contributed by atoms with van der Waals surface area (Å²) in [5.74, 6) is 1.11. The van der Waals surface area contributed by atoms with Crippen LogP contribution in [0, 0.1) is 3.57 Å². The fourth-order valence-electron chi connectivity index (χ4n) is 3.84. The van der Waals surface area contributed by atoms with Crippen LogP contribution in [-0.4, -0.2) is 15.7 Å². The summed E-state index contributed by atoms with van der Waals surface area (Å²) in [5.41, 5.74) is 1.93. The summed E-state index contributed by atoms with van der Waals surface area (Å²) in [6.45, 7) is 0. The van der Waals surface area contributed by atoms with Crippen LogP contribution in [0.25, 0.3) is 0 Å². The Morgan fingerprint density at radius 1 is 1.24 bits per heavy atom. The molecule has 0 radical (unpaired) electrons. The van der Waals surface area contributed by atoms with Crippen molar-refractivity contribution in [2.45, 2.75) is 31.1 Å². The van der Waals surface area contributed by atoms with Crippen molar-refractivity contribution in [3.8, 4) is 0 Å². The van der Waals surface area contributed by atoms with Gasteiger partial charge in [-0.05, 0) is 47.1 Å². The molecule has 108 valence electrons. The number of carbonyl (C=O) groups is 1. The Labute approximate surface area is 137 Å². The van der Waals surface area contributed by atoms with Crippen molar-refractivity contribution < 1.29 is 4.79 Å². The molecule has 2 aromatic rings. The third-order valence-corrected chi connectivity index (χ3v) is 5.57. The minimum absolute atomic E-state index is 0.225. The van der Waals surface area contributed by atoms with Gasteiger partial charge < -0.3 is 0 Å². The lowest BCUT2D eigenvalue weighted by Gasteiger charge is -2.23. The Morgan fingerprint density at radius 3 is 2.62 bits per heavy atom. The molecule has 1 amide bonds. The zero-order valence-corrected chi connectivity index (χ0v) is 14.0. The number of halogens is 1. The van der Waals surface area contributed by atoms with Crippen molar-refractivity contribution in [2.24, 2.45) is 7.05 Å². The van der Waals surface area contributed by atoms with Gasteiger partial charge in [0, 0.05) is 7.05 Å². The van der Waals surface area contributed by atoms with Gasteiger partial charge in [-0.25, -0.2) is 0 Å². The average Bonchev–Trinajstić information content (AvgIpc) is 3.15. The van der Waals surface area contributed by atoms with Gasteiger partial charge in [0.25, 0.3) is 0 Å². The third kappa shape index (κ3) is 1.66. The highest BCUT2D eigenvalue weighted by Gasteiger charge is 2.53. The lowest BCUT2D eigenvalue weighted by molar-refractivity contribution is -0.122. The molecule has 0 N–H and O–H groups in total. The Bertz CT molecular complexity index is 711. The van der Waals surface area contributed by atoms with E-state index in [2.05, 4.69) is 39.8 Å². The summed E-state index contributed by atoms with van der Waals surface area (Å²) in [5, 5.41) is 4.30. The number of nitrogens with zero attached hydrogens (tertiary/aromatic N) is 3. The van der Waals surface area contributed by atoms with Crippen LogP contribution in [0.4, 0.5) is 11.5 Å². The second-order valence-electron chi connectivity index (χ2n) is 5.89. The molecule has 0 atom stereocenters. The summed E-state index contributed by atoms with van der Waals surface area (Å²) in [6.07, 6.45) is 6.01. The van der Waals surface area contributed by atoms with Crippen molar-refractivity contribution in [3.63, 3.8) is 0 Å². The number of benzene rings is 1. The molecule has 1 spiro atoms. The number of hydrogen-bond donors (Lipinski definition) is 0.